The Kier molecular flexibility index (Phi) is 4.24. The van der Waals surface area contributed by atoms with Crippen molar-refractivity contribution in [3.05, 3.63) is 34.3 Å². The number of primary amides is 1. The molecule has 5 heteroatoms. The van der Waals surface area contributed by atoms with Crippen molar-refractivity contribution < 1.29 is 9.59 Å². The zero-order chi connectivity index (χ0) is 14.0. The lowest BCUT2D eigenvalue weighted by atomic mass is 9.98. The van der Waals surface area contributed by atoms with Crippen LogP contribution in [0.15, 0.2) is 28.7 Å². The number of carbonyl (C=O) groups is 2. The number of amides is 2. The second-order valence-corrected chi connectivity index (χ2v) is 5.65. The molecule has 2 N–H and O–H groups in total. The summed E-state index contributed by atoms with van der Waals surface area (Å²) in [6.07, 6.45) is 0.996. The van der Waals surface area contributed by atoms with E-state index in [0.29, 0.717) is 19.4 Å². The molecule has 0 saturated carbocycles. The summed E-state index contributed by atoms with van der Waals surface area (Å²) in [4.78, 5) is 25.1. The van der Waals surface area contributed by atoms with Crippen LogP contribution in [-0.2, 0) is 9.59 Å². The van der Waals surface area contributed by atoms with E-state index < -0.39 is 11.9 Å². The van der Waals surface area contributed by atoms with Crippen LogP contribution in [0.5, 0.6) is 0 Å². The summed E-state index contributed by atoms with van der Waals surface area (Å²) >= 11 is 3.51. The van der Waals surface area contributed by atoms with E-state index >= 15 is 0 Å². The molecule has 1 aliphatic heterocycles. The van der Waals surface area contributed by atoms with Crippen molar-refractivity contribution in [3.8, 4) is 0 Å². The molecular formula is C14H17BrN2O2. The first-order valence-electron chi connectivity index (χ1n) is 6.37. The predicted molar refractivity (Wildman–Crippen MR) is 76.5 cm³/mol. The van der Waals surface area contributed by atoms with Crippen LogP contribution in [0, 0.1) is 0 Å². The Morgan fingerprint density at radius 2 is 2.21 bits per heavy atom. The van der Waals surface area contributed by atoms with Crippen molar-refractivity contribution in [2.24, 2.45) is 5.73 Å². The van der Waals surface area contributed by atoms with Gasteiger partial charge in [0.2, 0.25) is 11.8 Å². The van der Waals surface area contributed by atoms with Crippen LogP contribution in [0.3, 0.4) is 0 Å². The monoisotopic (exact) mass is 324 g/mol. The highest BCUT2D eigenvalue weighted by Crippen LogP contribution is 2.33. The molecule has 1 aliphatic rings. The normalized spacial score (nSPS) is 20.6. The van der Waals surface area contributed by atoms with Gasteiger partial charge in [-0.3, -0.25) is 9.59 Å². The van der Waals surface area contributed by atoms with E-state index in [1.54, 1.807) is 4.90 Å². The van der Waals surface area contributed by atoms with E-state index in [-0.39, 0.29) is 11.8 Å². The Morgan fingerprint density at radius 3 is 2.79 bits per heavy atom. The Bertz CT molecular complexity index is 504. The molecule has 1 heterocycles. The maximum absolute atomic E-state index is 12.1. The van der Waals surface area contributed by atoms with Gasteiger partial charge in [-0.2, -0.15) is 0 Å². The van der Waals surface area contributed by atoms with Gasteiger partial charge in [-0.1, -0.05) is 41.1 Å². The highest BCUT2D eigenvalue weighted by molar-refractivity contribution is 9.10. The lowest BCUT2D eigenvalue weighted by Gasteiger charge is -2.24. The first-order valence-corrected chi connectivity index (χ1v) is 7.17. The largest absolute Gasteiger partial charge is 0.368 e. The summed E-state index contributed by atoms with van der Waals surface area (Å²) in [5, 5.41) is 0. The third kappa shape index (κ3) is 2.81. The number of nitrogens with zero attached hydrogens (tertiary/aromatic N) is 1. The molecule has 1 unspecified atom stereocenters. The zero-order valence-electron chi connectivity index (χ0n) is 10.8. The molecule has 2 rings (SSSR count). The van der Waals surface area contributed by atoms with Gasteiger partial charge in [0, 0.05) is 23.4 Å². The first kappa shape index (κ1) is 14.1. The minimum atomic E-state index is -0.486. The van der Waals surface area contributed by atoms with Gasteiger partial charge < -0.3 is 10.6 Å². The van der Waals surface area contributed by atoms with Gasteiger partial charge >= 0.3 is 0 Å². The number of rotatable bonds is 4. The third-order valence-electron chi connectivity index (χ3n) is 3.59. The summed E-state index contributed by atoms with van der Waals surface area (Å²) in [6, 6.07) is 7.39. The average molecular weight is 325 g/mol. The molecule has 0 aliphatic carbocycles. The topological polar surface area (TPSA) is 63.4 Å². The fraction of sp³-hybridized carbons (Fsp3) is 0.429. The van der Waals surface area contributed by atoms with Gasteiger partial charge in [0.25, 0.3) is 0 Å². The van der Waals surface area contributed by atoms with Gasteiger partial charge in [-0.05, 0) is 18.1 Å². The second-order valence-electron chi connectivity index (χ2n) is 4.80. The molecule has 0 spiro atoms. The number of nitrogens with two attached hydrogens (primary N) is 1. The molecule has 0 aromatic heterocycles. The number of halogens is 1. The number of hydrogen-bond acceptors (Lipinski definition) is 2. The summed E-state index contributed by atoms with van der Waals surface area (Å²) in [5.41, 5.74) is 6.47. The second kappa shape index (κ2) is 5.74. The molecule has 1 aromatic rings. The van der Waals surface area contributed by atoms with Crippen LogP contribution in [-0.4, -0.2) is 29.3 Å². The Morgan fingerprint density at radius 1 is 1.53 bits per heavy atom. The lowest BCUT2D eigenvalue weighted by molar-refractivity contribution is -0.136. The van der Waals surface area contributed by atoms with E-state index in [1.807, 2.05) is 31.2 Å². The Balaban J connectivity index is 2.20. The van der Waals surface area contributed by atoms with Crippen molar-refractivity contribution in [2.75, 3.05) is 6.54 Å². The first-order chi connectivity index (χ1) is 9.04. The zero-order valence-corrected chi connectivity index (χ0v) is 12.4. The lowest BCUT2D eigenvalue weighted by Crippen LogP contribution is -2.45. The number of benzene rings is 1. The minimum Gasteiger partial charge on any atom is -0.368 e. The van der Waals surface area contributed by atoms with Gasteiger partial charge in [0.05, 0.1) is 0 Å². The Hall–Kier alpha value is -1.36. The van der Waals surface area contributed by atoms with Crippen LogP contribution < -0.4 is 5.73 Å². The fourth-order valence-corrected chi connectivity index (χ4v) is 3.23. The summed E-state index contributed by atoms with van der Waals surface area (Å²) in [7, 11) is 0. The molecule has 2 atom stereocenters. The molecule has 1 fully saturated rings. The highest BCUT2D eigenvalue weighted by atomic mass is 79.9. The minimum absolute atomic E-state index is 0.00593. The number of hydrogen-bond donors (Lipinski definition) is 1. The van der Waals surface area contributed by atoms with Crippen molar-refractivity contribution in [1.29, 1.82) is 0 Å². The van der Waals surface area contributed by atoms with Crippen LogP contribution in [0.4, 0.5) is 0 Å². The van der Waals surface area contributed by atoms with E-state index in [0.717, 1.165) is 10.0 Å². The van der Waals surface area contributed by atoms with Gasteiger partial charge in [-0.15, -0.1) is 0 Å². The van der Waals surface area contributed by atoms with E-state index in [1.165, 1.54) is 0 Å². The number of likely N-dealkylation sites (tertiary alicyclic amines) is 1. The van der Waals surface area contributed by atoms with Crippen molar-refractivity contribution in [1.82, 2.24) is 4.90 Å². The average Bonchev–Trinajstić information content (AvgIpc) is 2.72. The molecule has 102 valence electrons. The summed E-state index contributed by atoms with van der Waals surface area (Å²) in [5.74, 6) is -0.300. The molecule has 4 nitrogen and oxygen atoms in total. The maximum Gasteiger partial charge on any atom is 0.240 e. The van der Waals surface area contributed by atoms with Crippen molar-refractivity contribution in [2.45, 2.75) is 31.7 Å². The summed E-state index contributed by atoms with van der Waals surface area (Å²) < 4.78 is 1.00. The highest BCUT2D eigenvalue weighted by Gasteiger charge is 2.37. The maximum atomic E-state index is 12.1. The Labute approximate surface area is 121 Å². The molecule has 1 aromatic carbocycles. The molecule has 0 radical (unpaired) electrons. The quantitative estimate of drug-likeness (QED) is 0.921. The van der Waals surface area contributed by atoms with Crippen molar-refractivity contribution >= 4 is 27.7 Å². The van der Waals surface area contributed by atoms with Gasteiger partial charge in [-0.25, -0.2) is 0 Å². The van der Waals surface area contributed by atoms with Crippen LogP contribution in [0.1, 0.15) is 31.2 Å². The predicted octanol–water partition coefficient (Wildman–Crippen LogP) is 2.03. The van der Waals surface area contributed by atoms with Gasteiger partial charge in [0.1, 0.15) is 6.04 Å². The van der Waals surface area contributed by atoms with Crippen LogP contribution in [0.25, 0.3) is 0 Å². The molecule has 0 bridgehead atoms. The fourth-order valence-electron chi connectivity index (χ4n) is 2.62. The smallest absolute Gasteiger partial charge is 0.240 e. The van der Waals surface area contributed by atoms with Crippen molar-refractivity contribution in [3.63, 3.8) is 0 Å². The standard InChI is InChI=1S/C14H17BrN2O2/c1-2-12(14(16)19)17-8-9(7-13(17)18)10-5-3-4-6-11(10)15/h3-6,9,12H,2,7-8H2,1H3,(H2,16,19)/t9?,12-/m0/s1. The molecule has 2 amide bonds. The van der Waals surface area contributed by atoms with Crippen LogP contribution in [0.2, 0.25) is 0 Å². The number of carbonyl (C=O) groups excluding carboxylic acids is 2. The van der Waals surface area contributed by atoms with Gasteiger partial charge in [0.15, 0.2) is 0 Å². The molecule has 19 heavy (non-hydrogen) atoms. The van der Waals surface area contributed by atoms with Crippen LogP contribution >= 0.6 is 15.9 Å². The molecule has 1 saturated heterocycles. The SMILES string of the molecule is CC[C@@H](C(N)=O)N1CC(c2ccccc2Br)CC1=O. The molecular weight excluding hydrogens is 308 g/mol. The van der Waals surface area contributed by atoms with E-state index in [4.69, 9.17) is 5.73 Å². The van der Waals surface area contributed by atoms with E-state index in [2.05, 4.69) is 15.9 Å². The third-order valence-corrected chi connectivity index (χ3v) is 4.32. The summed E-state index contributed by atoms with van der Waals surface area (Å²) in [6.45, 7) is 2.43. The van der Waals surface area contributed by atoms with E-state index in [9.17, 15) is 9.59 Å².